The average Bonchev–Trinajstić information content (AvgIpc) is 2.42. The molecule has 0 radical (unpaired) electrons. The third-order valence-electron chi connectivity index (χ3n) is 3.08. The van der Waals surface area contributed by atoms with E-state index in [1.807, 2.05) is 0 Å². The molecule has 0 saturated carbocycles. The van der Waals surface area contributed by atoms with Crippen molar-refractivity contribution in [1.29, 1.82) is 0 Å². The first-order chi connectivity index (χ1) is 9.08. The Morgan fingerprint density at radius 1 is 1.05 bits per heavy atom. The van der Waals surface area contributed by atoms with Crippen molar-refractivity contribution in [1.82, 2.24) is 0 Å². The maximum atomic E-state index is 13.9. The molecule has 0 aliphatic rings. The molecule has 0 fully saturated rings. The molecule has 2 rings (SSSR count). The van der Waals surface area contributed by atoms with Gasteiger partial charge in [0.25, 0.3) is 0 Å². The standard InChI is InChI=1S/C15H13ClF2O/c16-9-8-15(19,11-4-2-1-3-5-11)13-10-12(17)6-7-14(13)18/h1-7,10,19H,8-9H2. The van der Waals surface area contributed by atoms with E-state index >= 15 is 0 Å². The zero-order valence-corrected chi connectivity index (χ0v) is 10.9. The Morgan fingerprint density at radius 3 is 2.37 bits per heavy atom. The zero-order valence-electron chi connectivity index (χ0n) is 10.1. The van der Waals surface area contributed by atoms with E-state index in [9.17, 15) is 13.9 Å². The summed E-state index contributed by atoms with van der Waals surface area (Å²) in [6, 6.07) is 11.6. The second-order valence-electron chi connectivity index (χ2n) is 4.29. The van der Waals surface area contributed by atoms with E-state index in [1.165, 1.54) is 0 Å². The molecule has 1 atom stereocenters. The molecule has 0 spiro atoms. The summed E-state index contributed by atoms with van der Waals surface area (Å²) in [5.41, 5.74) is -1.24. The van der Waals surface area contributed by atoms with Crippen LogP contribution in [0.25, 0.3) is 0 Å². The average molecular weight is 283 g/mol. The van der Waals surface area contributed by atoms with E-state index in [-0.39, 0.29) is 17.9 Å². The number of benzene rings is 2. The fraction of sp³-hybridized carbons (Fsp3) is 0.200. The molecule has 19 heavy (non-hydrogen) atoms. The topological polar surface area (TPSA) is 20.2 Å². The SMILES string of the molecule is OC(CCCl)(c1ccccc1)c1cc(F)ccc1F. The van der Waals surface area contributed by atoms with E-state index in [4.69, 9.17) is 11.6 Å². The van der Waals surface area contributed by atoms with Gasteiger partial charge in [0.05, 0.1) is 0 Å². The molecule has 2 aromatic carbocycles. The van der Waals surface area contributed by atoms with Crippen LogP contribution in [-0.4, -0.2) is 11.0 Å². The van der Waals surface area contributed by atoms with Gasteiger partial charge in [-0.25, -0.2) is 8.78 Å². The molecule has 4 heteroatoms. The molecule has 0 bridgehead atoms. The summed E-state index contributed by atoms with van der Waals surface area (Å²) >= 11 is 5.70. The Kier molecular flexibility index (Phi) is 4.17. The molecule has 0 aliphatic carbocycles. The minimum absolute atomic E-state index is 0.0962. The van der Waals surface area contributed by atoms with Crippen molar-refractivity contribution in [2.24, 2.45) is 0 Å². The van der Waals surface area contributed by atoms with Crippen LogP contribution < -0.4 is 0 Å². The van der Waals surface area contributed by atoms with Crippen LogP contribution in [0.1, 0.15) is 17.5 Å². The molecule has 0 heterocycles. The van der Waals surface area contributed by atoms with Gasteiger partial charge in [-0.1, -0.05) is 30.3 Å². The highest BCUT2D eigenvalue weighted by Crippen LogP contribution is 2.35. The first-order valence-corrected chi connectivity index (χ1v) is 6.41. The summed E-state index contributed by atoms with van der Waals surface area (Å²) in [6.07, 6.45) is 0.0962. The number of hydrogen-bond acceptors (Lipinski definition) is 1. The van der Waals surface area contributed by atoms with E-state index < -0.39 is 17.2 Å². The summed E-state index contributed by atoms with van der Waals surface area (Å²) in [7, 11) is 0. The van der Waals surface area contributed by atoms with Crippen molar-refractivity contribution >= 4 is 11.6 Å². The van der Waals surface area contributed by atoms with Crippen molar-refractivity contribution in [2.45, 2.75) is 12.0 Å². The fourth-order valence-corrected chi connectivity index (χ4v) is 2.37. The molecular weight excluding hydrogens is 270 g/mol. The van der Waals surface area contributed by atoms with E-state index in [1.54, 1.807) is 30.3 Å². The van der Waals surface area contributed by atoms with Gasteiger partial charge in [0.1, 0.15) is 17.2 Å². The van der Waals surface area contributed by atoms with Crippen LogP contribution in [-0.2, 0) is 5.60 Å². The zero-order chi connectivity index (χ0) is 13.9. The summed E-state index contributed by atoms with van der Waals surface area (Å²) in [5.74, 6) is -1.13. The van der Waals surface area contributed by atoms with E-state index in [0.29, 0.717) is 5.56 Å². The van der Waals surface area contributed by atoms with Crippen LogP contribution in [0.2, 0.25) is 0 Å². The lowest BCUT2D eigenvalue weighted by molar-refractivity contribution is 0.0731. The molecule has 0 aromatic heterocycles. The second kappa shape index (κ2) is 5.68. The van der Waals surface area contributed by atoms with Crippen LogP contribution in [0.5, 0.6) is 0 Å². The smallest absolute Gasteiger partial charge is 0.129 e. The molecule has 0 saturated heterocycles. The van der Waals surface area contributed by atoms with Crippen LogP contribution >= 0.6 is 11.6 Å². The van der Waals surface area contributed by atoms with Crippen molar-refractivity contribution in [3.8, 4) is 0 Å². The first kappa shape index (κ1) is 14.0. The van der Waals surface area contributed by atoms with Gasteiger partial charge in [0, 0.05) is 11.4 Å². The van der Waals surface area contributed by atoms with Crippen LogP contribution in [0, 0.1) is 11.6 Å². The van der Waals surface area contributed by atoms with E-state index in [0.717, 1.165) is 18.2 Å². The largest absolute Gasteiger partial charge is 0.380 e. The number of rotatable bonds is 4. The molecule has 0 amide bonds. The summed E-state index contributed by atoms with van der Waals surface area (Å²) < 4.78 is 27.2. The Balaban J connectivity index is 2.59. The molecular formula is C15H13ClF2O. The van der Waals surface area contributed by atoms with Gasteiger partial charge in [0.15, 0.2) is 0 Å². The lowest BCUT2D eigenvalue weighted by Crippen LogP contribution is -2.29. The van der Waals surface area contributed by atoms with Gasteiger partial charge >= 0.3 is 0 Å². The van der Waals surface area contributed by atoms with Crippen molar-refractivity contribution in [3.63, 3.8) is 0 Å². The number of halogens is 3. The van der Waals surface area contributed by atoms with E-state index in [2.05, 4.69) is 0 Å². The Bertz CT molecular complexity index is 559. The Morgan fingerprint density at radius 2 is 1.74 bits per heavy atom. The van der Waals surface area contributed by atoms with Crippen LogP contribution in [0.15, 0.2) is 48.5 Å². The molecule has 1 nitrogen and oxygen atoms in total. The summed E-state index contributed by atoms with van der Waals surface area (Å²) in [5, 5.41) is 10.8. The normalized spacial score (nSPS) is 14.1. The highest BCUT2D eigenvalue weighted by molar-refractivity contribution is 6.17. The quantitative estimate of drug-likeness (QED) is 0.845. The predicted octanol–water partition coefficient (Wildman–Crippen LogP) is 3.83. The highest BCUT2D eigenvalue weighted by Gasteiger charge is 2.33. The molecule has 1 unspecified atom stereocenters. The minimum atomic E-state index is -1.63. The van der Waals surface area contributed by atoms with Crippen molar-refractivity contribution in [3.05, 3.63) is 71.3 Å². The van der Waals surface area contributed by atoms with Crippen LogP contribution in [0.3, 0.4) is 0 Å². The van der Waals surface area contributed by atoms with Gasteiger partial charge in [0.2, 0.25) is 0 Å². The fourth-order valence-electron chi connectivity index (χ4n) is 2.10. The Labute approximate surface area is 115 Å². The Hall–Kier alpha value is -1.45. The number of hydrogen-bond donors (Lipinski definition) is 1. The molecule has 0 aliphatic heterocycles. The number of aliphatic hydroxyl groups is 1. The molecule has 1 N–H and O–H groups in total. The third-order valence-corrected chi connectivity index (χ3v) is 3.27. The van der Waals surface area contributed by atoms with Crippen LogP contribution in [0.4, 0.5) is 8.78 Å². The minimum Gasteiger partial charge on any atom is -0.380 e. The summed E-state index contributed by atoms with van der Waals surface area (Å²) in [6.45, 7) is 0. The highest BCUT2D eigenvalue weighted by atomic mass is 35.5. The van der Waals surface area contributed by atoms with Gasteiger partial charge in [-0.05, 0) is 30.2 Å². The van der Waals surface area contributed by atoms with Gasteiger partial charge < -0.3 is 5.11 Å². The molecule has 2 aromatic rings. The monoisotopic (exact) mass is 282 g/mol. The van der Waals surface area contributed by atoms with Crippen molar-refractivity contribution in [2.75, 3.05) is 5.88 Å². The van der Waals surface area contributed by atoms with Crippen molar-refractivity contribution < 1.29 is 13.9 Å². The third kappa shape index (κ3) is 2.77. The first-order valence-electron chi connectivity index (χ1n) is 5.87. The predicted molar refractivity (Wildman–Crippen MR) is 71.1 cm³/mol. The lowest BCUT2D eigenvalue weighted by Gasteiger charge is -2.29. The van der Waals surface area contributed by atoms with Gasteiger partial charge in [-0.3, -0.25) is 0 Å². The second-order valence-corrected chi connectivity index (χ2v) is 4.67. The molecule has 100 valence electrons. The van der Waals surface area contributed by atoms with Gasteiger partial charge in [-0.2, -0.15) is 0 Å². The maximum absolute atomic E-state index is 13.9. The number of alkyl halides is 1. The maximum Gasteiger partial charge on any atom is 0.129 e. The lowest BCUT2D eigenvalue weighted by atomic mass is 9.84. The van der Waals surface area contributed by atoms with Gasteiger partial charge in [-0.15, -0.1) is 11.6 Å². The summed E-state index contributed by atoms with van der Waals surface area (Å²) in [4.78, 5) is 0.